The van der Waals surface area contributed by atoms with E-state index in [0.29, 0.717) is 5.92 Å². The minimum Gasteiger partial charge on any atom is -0.324 e. The van der Waals surface area contributed by atoms with Gasteiger partial charge in [-0.15, -0.1) is 0 Å². The molecule has 0 spiro atoms. The van der Waals surface area contributed by atoms with Crippen LogP contribution in [0.25, 0.3) is 0 Å². The molecule has 21 heavy (non-hydrogen) atoms. The monoisotopic (exact) mass is 303 g/mol. The average molecular weight is 304 g/mol. The predicted molar refractivity (Wildman–Crippen MR) is 82.5 cm³/mol. The highest BCUT2D eigenvalue weighted by atomic mass is 35.5. The van der Waals surface area contributed by atoms with Crippen LogP contribution >= 0.6 is 11.6 Å². The first-order valence-corrected chi connectivity index (χ1v) is 7.62. The standard InChI is InChI=1S/C16H18ClN3O/c17-15-4-2-1-3-14(15)11-13-5-8-19(9-6-13)16(21)20-10-7-18-12-20/h1-4,7,10,12-13H,5-6,8-9,11H2. The van der Waals surface area contributed by atoms with Crippen molar-refractivity contribution in [2.24, 2.45) is 5.92 Å². The second-order valence-electron chi connectivity index (χ2n) is 5.48. The quantitative estimate of drug-likeness (QED) is 0.852. The largest absolute Gasteiger partial charge is 0.329 e. The van der Waals surface area contributed by atoms with Gasteiger partial charge in [-0.05, 0) is 36.8 Å². The second kappa shape index (κ2) is 6.31. The maximum atomic E-state index is 12.2. The molecule has 4 nitrogen and oxygen atoms in total. The third-order valence-corrected chi connectivity index (χ3v) is 4.45. The second-order valence-corrected chi connectivity index (χ2v) is 5.89. The molecule has 1 aromatic carbocycles. The molecule has 2 heterocycles. The van der Waals surface area contributed by atoms with Crippen molar-refractivity contribution in [3.63, 3.8) is 0 Å². The first-order chi connectivity index (χ1) is 10.2. The van der Waals surface area contributed by atoms with E-state index in [4.69, 9.17) is 11.6 Å². The minimum absolute atomic E-state index is 0.0173. The average Bonchev–Trinajstić information content (AvgIpc) is 3.04. The molecule has 0 aliphatic carbocycles. The summed E-state index contributed by atoms with van der Waals surface area (Å²) in [5.41, 5.74) is 1.21. The number of halogens is 1. The van der Waals surface area contributed by atoms with Gasteiger partial charge in [0.05, 0.1) is 0 Å². The molecule has 2 aromatic rings. The molecule has 0 bridgehead atoms. The van der Waals surface area contributed by atoms with E-state index >= 15 is 0 Å². The Balaban J connectivity index is 1.56. The number of piperidine rings is 1. The minimum atomic E-state index is 0.0173. The Morgan fingerprint density at radius 1 is 1.29 bits per heavy atom. The van der Waals surface area contributed by atoms with E-state index in [9.17, 15) is 4.79 Å². The van der Waals surface area contributed by atoms with Gasteiger partial charge < -0.3 is 4.90 Å². The summed E-state index contributed by atoms with van der Waals surface area (Å²) in [4.78, 5) is 18.0. The number of amides is 1. The summed E-state index contributed by atoms with van der Waals surface area (Å²) in [7, 11) is 0. The van der Waals surface area contributed by atoms with Crippen molar-refractivity contribution in [3.05, 3.63) is 53.6 Å². The van der Waals surface area contributed by atoms with Gasteiger partial charge >= 0.3 is 6.03 Å². The van der Waals surface area contributed by atoms with Gasteiger partial charge in [0.25, 0.3) is 0 Å². The molecular formula is C16H18ClN3O. The van der Waals surface area contributed by atoms with Crippen LogP contribution in [0, 0.1) is 5.92 Å². The number of carbonyl (C=O) groups excluding carboxylic acids is 1. The van der Waals surface area contributed by atoms with Crippen molar-refractivity contribution < 1.29 is 4.79 Å². The van der Waals surface area contributed by atoms with Gasteiger partial charge in [-0.2, -0.15) is 0 Å². The molecule has 1 fully saturated rings. The summed E-state index contributed by atoms with van der Waals surface area (Å²) in [5, 5.41) is 0.842. The van der Waals surface area contributed by atoms with Gasteiger partial charge in [0.15, 0.2) is 0 Å². The van der Waals surface area contributed by atoms with Gasteiger partial charge in [-0.1, -0.05) is 29.8 Å². The highest BCUT2D eigenvalue weighted by molar-refractivity contribution is 6.31. The molecule has 110 valence electrons. The van der Waals surface area contributed by atoms with Crippen LogP contribution < -0.4 is 0 Å². The zero-order valence-electron chi connectivity index (χ0n) is 11.8. The summed E-state index contributed by atoms with van der Waals surface area (Å²) in [6.07, 6.45) is 7.91. The zero-order chi connectivity index (χ0) is 14.7. The molecule has 0 saturated carbocycles. The summed E-state index contributed by atoms with van der Waals surface area (Å²) in [6.45, 7) is 1.60. The Morgan fingerprint density at radius 3 is 2.71 bits per heavy atom. The molecule has 1 saturated heterocycles. The number of aromatic nitrogens is 2. The molecule has 1 aromatic heterocycles. The normalized spacial score (nSPS) is 16.1. The molecule has 1 aliphatic rings. The molecule has 5 heteroatoms. The van der Waals surface area contributed by atoms with Gasteiger partial charge in [-0.25, -0.2) is 9.78 Å². The van der Waals surface area contributed by atoms with Crippen molar-refractivity contribution in [3.8, 4) is 0 Å². The summed E-state index contributed by atoms with van der Waals surface area (Å²) in [5.74, 6) is 0.594. The first kappa shape index (κ1) is 14.1. The van der Waals surface area contributed by atoms with Crippen molar-refractivity contribution in [2.45, 2.75) is 19.3 Å². The van der Waals surface area contributed by atoms with E-state index in [1.54, 1.807) is 18.7 Å². The summed E-state index contributed by atoms with van der Waals surface area (Å²) in [6, 6.07) is 8.03. The fraction of sp³-hybridized carbons (Fsp3) is 0.375. The number of benzene rings is 1. The number of imidazole rings is 1. The predicted octanol–water partition coefficient (Wildman–Crippen LogP) is 3.46. The van der Waals surface area contributed by atoms with Crippen molar-refractivity contribution >= 4 is 17.6 Å². The Labute approximate surface area is 129 Å². The number of carbonyl (C=O) groups is 1. The van der Waals surface area contributed by atoms with Gasteiger partial charge in [-0.3, -0.25) is 4.57 Å². The lowest BCUT2D eigenvalue weighted by molar-refractivity contribution is 0.172. The highest BCUT2D eigenvalue weighted by Crippen LogP contribution is 2.25. The van der Waals surface area contributed by atoms with E-state index in [2.05, 4.69) is 11.1 Å². The number of rotatable bonds is 2. The molecule has 0 N–H and O–H groups in total. The molecule has 0 atom stereocenters. The molecule has 1 amide bonds. The third kappa shape index (κ3) is 3.27. The smallest absolute Gasteiger partial charge is 0.324 e. The van der Waals surface area contributed by atoms with E-state index < -0.39 is 0 Å². The van der Waals surface area contributed by atoms with Gasteiger partial charge in [0, 0.05) is 30.5 Å². The van der Waals surface area contributed by atoms with Gasteiger partial charge in [0.2, 0.25) is 0 Å². The van der Waals surface area contributed by atoms with Crippen molar-refractivity contribution in [1.29, 1.82) is 0 Å². The third-order valence-electron chi connectivity index (χ3n) is 4.08. The fourth-order valence-corrected chi connectivity index (χ4v) is 3.05. The fourth-order valence-electron chi connectivity index (χ4n) is 2.84. The molecule has 0 radical (unpaired) electrons. The topological polar surface area (TPSA) is 38.1 Å². The van der Waals surface area contributed by atoms with Crippen LogP contribution in [0.4, 0.5) is 4.79 Å². The SMILES string of the molecule is O=C(N1CCC(Cc2ccccc2Cl)CC1)n1ccnc1. The maximum Gasteiger partial charge on any atom is 0.329 e. The Morgan fingerprint density at radius 2 is 2.05 bits per heavy atom. The van der Waals surface area contributed by atoms with Crippen molar-refractivity contribution in [1.82, 2.24) is 14.5 Å². The molecule has 0 unspecified atom stereocenters. The van der Waals surface area contributed by atoms with Crippen LogP contribution in [0.2, 0.25) is 5.02 Å². The van der Waals surface area contributed by atoms with Crippen LogP contribution in [-0.4, -0.2) is 33.6 Å². The molecule has 3 rings (SSSR count). The van der Waals surface area contributed by atoms with Gasteiger partial charge in [0.1, 0.15) is 6.33 Å². The van der Waals surface area contributed by atoms with E-state index in [-0.39, 0.29) is 6.03 Å². The van der Waals surface area contributed by atoms with E-state index in [1.807, 2.05) is 23.1 Å². The lowest BCUT2D eigenvalue weighted by Crippen LogP contribution is -2.40. The van der Waals surface area contributed by atoms with Crippen LogP contribution in [0.15, 0.2) is 43.0 Å². The first-order valence-electron chi connectivity index (χ1n) is 7.24. The van der Waals surface area contributed by atoms with E-state index in [0.717, 1.165) is 37.4 Å². The number of likely N-dealkylation sites (tertiary alicyclic amines) is 1. The Hall–Kier alpha value is -1.81. The molecular weight excluding hydrogens is 286 g/mol. The zero-order valence-corrected chi connectivity index (χ0v) is 12.5. The molecule has 1 aliphatic heterocycles. The highest BCUT2D eigenvalue weighted by Gasteiger charge is 2.24. The van der Waals surface area contributed by atoms with Crippen molar-refractivity contribution in [2.75, 3.05) is 13.1 Å². The lowest BCUT2D eigenvalue weighted by atomic mass is 9.90. The van der Waals surface area contributed by atoms with Crippen LogP contribution in [-0.2, 0) is 6.42 Å². The number of nitrogens with zero attached hydrogens (tertiary/aromatic N) is 3. The lowest BCUT2D eigenvalue weighted by Gasteiger charge is -2.32. The number of hydrogen-bond acceptors (Lipinski definition) is 2. The Bertz CT molecular complexity index is 604. The van der Waals surface area contributed by atoms with Crippen LogP contribution in [0.3, 0.4) is 0 Å². The van der Waals surface area contributed by atoms with Crippen LogP contribution in [0.1, 0.15) is 18.4 Å². The maximum absolute atomic E-state index is 12.2. The summed E-state index contributed by atoms with van der Waals surface area (Å²) < 4.78 is 1.54. The van der Waals surface area contributed by atoms with E-state index in [1.165, 1.54) is 10.1 Å². The number of hydrogen-bond donors (Lipinski definition) is 0. The van der Waals surface area contributed by atoms with Crippen LogP contribution in [0.5, 0.6) is 0 Å². The Kier molecular flexibility index (Phi) is 4.25. The summed E-state index contributed by atoms with van der Waals surface area (Å²) >= 11 is 6.22.